The number of carbonyl (C=O) groups excluding carboxylic acids is 2. The van der Waals surface area contributed by atoms with Crippen LogP contribution in [0.15, 0.2) is 95.0 Å². The molecule has 4 rings (SSSR count). The molecule has 1 heterocycles. The molecule has 0 spiro atoms. The van der Waals surface area contributed by atoms with E-state index in [4.69, 9.17) is 4.74 Å². The smallest absolute Gasteiger partial charge is 0.261 e. The predicted octanol–water partition coefficient (Wildman–Crippen LogP) is 7.28. The van der Waals surface area contributed by atoms with Crippen LogP contribution in [0.2, 0.25) is 0 Å². The van der Waals surface area contributed by atoms with Gasteiger partial charge in [0.25, 0.3) is 5.91 Å². The van der Waals surface area contributed by atoms with Crippen molar-refractivity contribution in [1.29, 1.82) is 0 Å². The maximum Gasteiger partial charge on any atom is 0.261 e. The van der Waals surface area contributed by atoms with Gasteiger partial charge in [0.15, 0.2) is 5.78 Å². The highest BCUT2D eigenvalue weighted by atomic mass is 16.5. The van der Waals surface area contributed by atoms with Crippen LogP contribution in [0.5, 0.6) is 5.75 Å². The third-order valence-corrected chi connectivity index (χ3v) is 6.28. The number of rotatable bonds is 12. The molecule has 1 atom stereocenters. The molecule has 0 radical (unpaired) electrons. The van der Waals surface area contributed by atoms with E-state index in [9.17, 15) is 9.59 Å². The molecule has 0 saturated heterocycles. The number of para-hydroxylation sites is 1. The molecule has 0 fully saturated rings. The number of benzene rings is 3. The van der Waals surface area contributed by atoms with Crippen molar-refractivity contribution in [2.45, 2.75) is 39.5 Å². The molecule has 1 aliphatic heterocycles. The Morgan fingerprint density at radius 3 is 2.42 bits per heavy atom. The van der Waals surface area contributed by atoms with Gasteiger partial charge in [-0.25, -0.2) is 0 Å². The molecule has 38 heavy (non-hydrogen) atoms. The second kappa shape index (κ2) is 13.3. The maximum absolute atomic E-state index is 12.8. The number of allylic oxidation sites excluding steroid dienone is 1. The van der Waals surface area contributed by atoms with Crippen LogP contribution in [-0.2, 0) is 4.79 Å². The van der Waals surface area contributed by atoms with E-state index < -0.39 is 5.92 Å². The number of hydrogen-bond acceptors (Lipinski definition) is 5. The Labute approximate surface area is 224 Å². The first-order chi connectivity index (χ1) is 18.5. The summed E-state index contributed by atoms with van der Waals surface area (Å²) in [6.45, 7) is 4.74. The minimum absolute atomic E-state index is 0.0933. The summed E-state index contributed by atoms with van der Waals surface area (Å²) in [5.41, 5.74) is 3.57. The lowest BCUT2D eigenvalue weighted by atomic mass is 10.1. The molecule has 1 aliphatic rings. The molecule has 1 amide bonds. The van der Waals surface area contributed by atoms with Crippen molar-refractivity contribution in [3.05, 3.63) is 96.1 Å². The lowest BCUT2D eigenvalue weighted by Crippen LogP contribution is -2.27. The Hall–Kier alpha value is -4.32. The molecular formula is C32H33N3O3. The number of hydrazone groups is 1. The summed E-state index contributed by atoms with van der Waals surface area (Å²) in [6, 6.07) is 24.1. The fourth-order valence-electron chi connectivity index (χ4n) is 4.04. The van der Waals surface area contributed by atoms with Crippen LogP contribution in [0, 0.1) is 5.92 Å². The van der Waals surface area contributed by atoms with E-state index in [0.29, 0.717) is 17.0 Å². The maximum atomic E-state index is 12.8. The monoisotopic (exact) mass is 507 g/mol. The molecule has 0 N–H and O–H groups in total. The van der Waals surface area contributed by atoms with E-state index in [1.165, 1.54) is 24.3 Å². The number of hydrogen-bond donors (Lipinski definition) is 0. The summed E-state index contributed by atoms with van der Waals surface area (Å²) in [5.74, 6) is 0.0946. The fraction of sp³-hybridized carbons (Fsp3) is 0.250. The number of amides is 1. The van der Waals surface area contributed by atoms with Crippen molar-refractivity contribution in [1.82, 2.24) is 0 Å². The largest absolute Gasteiger partial charge is 0.494 e. The highest BCUT2D eigenvalue weighted by molar-refractivity contribution is 6.23. The predicted molar refractivity (Wildman–Crippen MR) is 155 cm³/mol. The molecular weight excluding hydrogens is 474 g/mol. The van der Waals surface area contributed by atoms with Gasteiger partial charge in [0.1, 0.15) is 11.7 Å². The van der Waals surface area contributed by atoms with E-state index in [1.54, 1.807) is 42.6 Å². The molecule has 3 aromatic carbocycles. The number of aliphatic imine (C=N–C) groups is 1. The summed E-state index contributed by atoms with van der Waals surface area (Å²) in [5, 5.41) is 5.81. The van der Waals surface area contributed by atoms with Gasteiger partial charge in [-0.3, -0.25) is 14.6 Å². The number of ketones is 1. The van der Waals surface area contributed by atoms with Crippen LogP contribution in [-0.4, -0.2) is 30.2 Å². The summed E-state index contributed by atoms with van der Waals surface area (Å²) < 4.78 is 5.77. The molecule has 6 nitrogen and oxygen atoms in total. The van der Waals surface area contributed by atoms with Gasteiger partial charge in [-0.2, -0.15) is 10.1 Å². The number of unbranched alkanes of at least 4 members (excludes halogenated alkanes) is 3. The molecule has 0 aromatic heterocycles. The lowest BCUT2D eigenvalue weighted by Gasteiger charge is -2.12. The van der Waals surface area contributed by atoms with Gasteiger partial charge < -0.3 is 4.74 Å². The standard InChI is InChI=1S/C32H33N3O3/c1-3-4-5-9-22-38-29-19-12-25(13-20-29)14-21-31(36)26-15-17-27(18-16-26)33-23-30-24(2)34-35(32(30)37)28-10-7-6-8-11-28/h6-8,10-21,23,30H,3-5,9,22H2,1-2H3/b21-14+,33-23?. The van der Waals surface area contributed by atoms with Crippen LogP contribution in [0.1, 0.15) is 55.5 Å². The highest BCUT2D eigenvalue weighted by Gasteiger charge is 2.33. The zero-order valence-corrected chi connectivity index (χ0v) is 21.9. The van der Waals surface area contributed by atoms with Crippen molar-refractivity contribution in [2.24, 2.45) is 16.0 Å². The normalized spacial score (nSPS) is 15.4. The van der Waals surface area contributed by atoms with Crippen LogP contribution in [0.25, 0.3) is 6.08 Å². The van der Waals surface area contributed by atoms with Crippen LogP contribution in [0.3, 0.4) is 0 Å². The van der Waals surface area contributed by atoms with Gasteiger partial charge in [0.2, 0.25) is 0 Å². The Morgan fingerprint density at radius 2 is 1.71 bits per heavy atom. The SMILES string of the molecule is CCCCCCOc1ccc(/C=C/C(=O)c2ccc(N=CC3C(=O)N(c4ccccc4)N=C3C)cc2)cc1. The Kier molecular flexibility index (Phi) is 9.35. The zero-order valence-electron chi connectivity index (χ0n) is 21.9. The number of nitrogens with zero attached hydrogens (tertiary/aromatic N) is 3. The summed E-state index contributed by atoms with van der Waals surface area (Å²) in [6.07, 6.45) is 9.67. The second-order valence-corrected chi connectivity index (χ2v) is 9.21. The average Bonchev–Trinajstić information content (AvgIpc) is 3.24. The van der Waals surface area contributed by atoms with Gasteiger partial charge in [-0.15, -0.1) is 0 Å². The Balaban J connectivity index is 1.30. The van der Waals surface area contributed by atoms with Crippen molar-refractivity contribution in [3.8, 4) is 5.75 Å². The summed E-state index contributed by atoms with van der Waals surface area (Å²) in [4.78, 5) is 29.9. The van der Waals surface area contributed by atoms with Crippen molar-refractivity contribution in [3.63, 3.8) is 0 Å². The van der Waals surface area contributed by atoms with Crippen molar-refractivity contribution in [2.75, 3.05) is 11.6 Å². The zero-order chi connectivity index (χ0) is 26.7. The molecule has 6 heteroatoms. The van der Waals surface area contributed by atoms with Gasteiger partial charge in [0, 0.05) is 11.8 Å². The fourth-order valence-corrected chi connectivity index (χ4v) is 4.04. The summed E-state index contributed by atoms with van der Waals surface area (Å²) >= 11 is 0. The van der Waals surface area contributed by atoms with Gasteiger partial charge >= 0.3 is 0 Å². The third kappa shape index (κ3) is 7.13. The highest BCUT2D eigenvalue weighted by Crippen LogP contribution is 2.24. The average molecular weight is 508 g/mol. The molecule has 0 saturated carbocycles. The first-order valence-corrected chi connectivity index (χ1v) is 13.1. The topological polar surface area (TPSA) is 71.3 Å². The first kappa shape index (κ1) is 26.7. The minimum Gasteiger partial charge on any atom is -0.494 e. The summed E-state index contributed by atoms with van der Waals surface area (Å²) in [7, 11) is 0. The van der Waals surface area contributed by atoms with Crippen LogP contribution < -0.4 is 9.75 Å². The molecule has 0 aliphatic carbocycles. The Morgan fingerprint density at radius 1 is 0.974 bits per heavy atom. The minimum atomic E-state index is -0.516. The molecule has 194 valence electrons. The first-order valence-electron chi connectivity index (χ1n) is 13.1. The van der Waals surface area contributed by atoms with Gasteiger partial charge in [-0.05, 0) is 73.5 Å². The quantitative estimate of drug-likeness (QED) is 0.112. The number of anilines is 1. The number of ether oxygens (including phenoxy) is 1. The van der Waals surface area contributed by atoms with E-state index in [1.807, 2.05) is 61.5 Å². The van der Waals surface area contributed by atoms with E-state index >= 15 is 0 Å². The van der Waals surface area contributed by atoms with Gasteiger partial charge in [0.05, 0.1) is 23.7 Å². The lowest BCUT2D eigenvalue weighted by molar-refractivity contribution is -0.118. The number of carbonyl (C=O) groups is 2. The molecule has 3 aromatic rings. The molecule has 1 unspecified atom stereocenters. The second-order valence-electron chi connectivity index (χ2n) is 9.21. The van der Waals surface area contributed by atoms with E-state index in [0.717, 1.165) is 30.0 Å². The van der Waals surface area contributed by atoms with Crippen LogP contribution >= 0.6 is 0 Å². The van der Waals surface area contributed by atoms with E-state index in [2.05, 4.69) is 17.0 Å². The molecule has 0 bridgehead atoms. The third-order valence-electron chi connectivity index (χ3n) is 6.28. The van der Waals surface area contributed by atoms with Gasteiger partial charge in [-0.1, -0.05) is 62.6 Å². The van der Waals surface area contributed by atoms with Crippen molar-refractivity contribution < 1.29 is 14.3 Å². The van der Waals surface area contributed by atoms with Crippen molar-refractivity contribution >= 4 is 41.1 Å². The van der Waals surface area contributed by atoms with E-state index in [-0.39, 0.29) is 11.7 Å². The van der Waals surface area contributed by atoms with Crippen LogP contribution in [0.4, 0.5) is 11.4 Å². The Bertz CT molecular complexity index is 1310.